The van der Waals surface area contributed by atoms with E-state index in [9.17, 15) is 9.59 Å². The summed E-state index contributed by atoms with van der Waals surface area (Å²) in [6.45, 7) is 3.91. The molecule has 0 unspecified atom stereocenters. The van der Waals surface area contributed by atoms with E-state index in [1.54, 1.807) is 44.2 Å². The molecule has 0 fully saturated rings. The monoisotopic (exact) mass is 296 g/mol. The summed E-state index contributed by atoms with van der Waals surface area (Å²) < 4.78 is 9.79. The van der Waals surface area contributed by atoms with Gasteiger partial charge in [-0.25, -0.2) is 4.79 Å². The second-order valence-electron chi connectivity index (χ2n) is 3.89. The minimum Gasteiger partial charge on any atom is -0.466 e. The van der Waals surface area contributed by atoms with Crippen LogP contribution in [-0.4, -0.2) is 25.2 Å². The molecule has 0 aliphatic rings. The Bertz CT molecular complexity index is 508. The van der Waals surface area contributed by atoms with Crippen LogP contribution in [0.15, 0.2) is 29.8 Å². The Morgan fingerprint density at radius 2 is 1.80 bits per heavy atom. The summed E-state index contributed by atoms with van der Waals surface area (Å²) >= 11 is 6.03. The summed E-state index contributed by atoms with van der Waals surface area (Å²) in [5.74, 6) is -1.01. The van der Waals surface area contributed by atoms with Gasteiger partial charge in [0.1, 0.15) is 0 Å². The third kappa shape index (κ3) is 5.05. The lowest BCUT2D eigenvalue weighted by molar-refractivity contribution is -0.145. The van der Waals surface area contributed by atoms with Crippen LogP contribution in [0.1, 0.15) is 25.8 Å². The highest BCUT2D eigenvalue weighted by atomic mass is 35.5. The molecule has 0 saturated carbocycles. The molecule has 0 amide bonds. The average Bonchev–Trinajstić information content (AvgIpc) is 2.41. The summed E-state index contributed by atoms with van der Waals surface area (Å²) in [6, 6.07) is 7.05. The Kier molecular flexibility index (Phi) is 6.81. The first-order valence-electron chi connectivity index (χ1n) is 6.36. The van der Waals surface area contributed by atoms with Crippen LogP contribution in [0.4, 0.5) is 0 Å². The molecule has 0 bridgehead atoms. The van der Waals surface area contributed by atoms with Gasteiger partial charge in [-0.2, -0.15) is 0 Å². The Morgan fingerprint density at radius 1 is 1.15 bits per heavy atom. The molecule has 5 heteroatoms. The summed E-state index contributed by atoms with van der Waals surface area (Å²) in [6.07, 6.45) is 1.41. The molecule has 20 heavy (non-hydrogen) atoms. The molecule has 0 aromatic heterocycles. The van der Waals surface area contributed by atoms with Crippen LogP contribution in [0.5, 0.6) is 0 Å². The Labute approximate surface area is 123 Å². The quantitative estimate of drug-likeness (QED) is 0.597. The Balaban J connectivity index is 3.00. The van der Waals surface area contributed by atoms with Crippen LogP contribution >= 0.6 is 11.6 Å². The lowest BCUT2D eigenvalue weighted by atomic mass is 10.1. The lowest BCUT2D eigenvalue weighted by Crippen LogP contribution is -2.13. The van der Waals surface area contributed by atoms with Gasteiger partial charge < -0.3 is 9.47 Å². The van der Waals surface area contributed by atoms with Crippen molar-refractivity contribution in [1.82, 2.24) is 0 Å². The van der Waals surface area contributed by atoms with E-state index in [1.807, 2.05) is 0 Å². The van der Waals surface area contributed by atoms with Gasteiger partial charge in [-0.1, -0.05) is 29.8 Å². The number of ether oxygens (including phenoxy) is 2. The van der Waals surface area contributed by atoms with Crippen LogP contribution in [0.2, 0.25) is 5.02 Å². The van der Waals surface area contributed by atoms with Crippen molar-refractivity contribution in [1.29, 1.82) is 0 Å². The summed E-state index contributed by atoms with van der Waals surface area (Å²) in [5, 5.41) is 0.498. The maximum atomic E-state index is 11.9. The number of benzene rings is 1. The number of carbonyl (C=O) groups excluding carboxylic acids is 2. The predicted octanol–water partition coefficient (Wildman–Crippen LogP) is 3.24. The number of carbonyl (C=O) groups is 2. The zero-order valence-electron chi connectivity index (χ0n) is 11.5. The SMILES string of the molecule is CCOC(=O)CC(=Cc1ccccc1Cl)C(=O)OCC. The van der Waals surface area contributed by atoms with Crippen LogP contribution in [0.25, 0.3) is 6.08 Å². The first-order chi connectivity index (χ1) is 9.58. The van der Waals surface area contributed by atoms with Crippen molar-refractivity contribution in [3.05, 3.63) is 40.4 Å². The molecule has 4 nitrogen and oxygen atoms in total. The standard InChI is InChI=1S/C15H17ClO4/c1-3-19-14(17)10-12(15(18)20-4-2)9-11-7-5-6-8-13(11)16/h5-9H,3-4,10H2,1-2H3. The van der Waals surface area contributed by atoms with E-state index in [0.29, 0.717) is 10.6 Å². The maximum Gasteiger partial charge on any atom is 0.334 e. The van der Waals surface area contributed by atoms with Crippen LogP contribution in [0.3, 0.4) is 0 Å². The Morgan fingerprint density at radius 3 is 2.40 bits per heavy atom. The molecular weight excluding hydrogens is 280 g/mol. The van der Waals surface area contributed by atoms with Crippen LogP contribution in [-0.2, 0) is 19.1 Å². The first kappa shape index (κ1) is 16.2. The number of hydrogen-bond acceptors (Lipinski definition) is 4. The molecule has 0 heterocycles. The Hall–Kier alpha value is -1.81. The van der Waals surface area contributed by atoms with Gasteiger partial charge in [-0.15, -0.1) is 0 Å². The molecule has 0 N–H and O–H groups in total. The van der Waals surface area contributed by atoms with Crippen LogP contribution in [0, 0.1) is 0 Å². The number of halogens is 1. The zero-order valence-corrected chi connectivity index (χ0v) is 12.3. The maximum absolute atomic E-state index is 11.9. The summed E-state index contributed by atoms with van der Waals surface area (Å²) in [4.78, 5) is 23.4. The van der Waals surface area contributed by atoms with Crippen molar-refractivity contribution in [3.63, 3.8) is 0 Å². The molecule has 108 valence electrons. The van der Waals surface area contributed by atoms with E-state index in [-0.39, 0.29) is 25.2 Å². The minimum atomic E-state index is -0.541. The van der Waals surface area contributed by atoms with E-state index in [0.717, 1.165) is 0 Å². The number of esters is 2. The third-order valence-corrected chi connectivity index (χ3v) is 2.76. The van der Waals surface area contributed by atoms with E-state index in [1.165, 1.54) is 0 Å². The highest BCUT2D eigenvalue weighted by Gasteiger charge is 2.16. The van der Waals surface area contributed by atoms with Gasteiger partial charge in [0.2, 0.25) is 0 Å². The van der Waals surface area contributed by atoms with Gasteiger partial charge in [0.15, 0.2) is 0 Å². The van der Waals surface area contributed by atoms with Gasteiger partial charge in [0, 0.05) is 10.6 Å². The van der Waals surface area contributed by atoms with E-state index < -0.39 is 11.9 Å². The molecule has 1 rings (SSSR count). The van der Waals surface area contributed by atoms with Crippen LogP contribution < -0.4 is 0 Å². The molecule has 0 aliphatic heterocycles. The molecule has 0 saturated heterocycles. The molecule has 0 spiro atoms. The van der Waals surface area contributed by atoms with Crippen molar-refractivity contribution in [2.75, 3.05) is 13.2 Å². The lowest BCUT2D eigenvalue weighted by Gasteiger charge is -2.07. The third-order valence-electron chi connectivity index (χ3n) is 2.41. The zero-order chi connectivity index (χ0) is 15.0. The van der Waals surface area contributed by atoms with Gasteiger partial charge in [0.25, 0.3) is 0 Å². The summed E-state index contributed by atoms with van der Waals surface area (Å²) in [7, 11) is 0. The fourth-order valence-electron chi connectivity index (χ4n) is 1.55. The molecule has 1 aromatic rings. The van der Waals surface area contributed by atoms with E-state index >= 15 is 0 Å². The molecule has 0 atom stereocenters. The molecular formula is C15H17ClO4. The topological polar surface area (TPSA) is 52.6 Å². The van der Waals surface area contributed by atoms with Gasteiger partial charge in [0.05, 0.1) is 19.6 Å². The minimum absolute atomic E-state index is 0.141. The van der Waals surface area contributed by atoms with Crippen molar-refractivity contribution >= 4 is 29.6 Å². The smallest absolute Gasteiger partial charge is 0.334 e. The van der Waals surface area contributed by atoms with E-state index in [4.69, 9.17) is 21.1 Å². The van der Waals surface area contributed by atoms with Crippen molar-refractivity contribution < 1.29 is 19.1 Å². The average molecular weight is 297 g/mol. The molecule has 0 radical (unpaired) electrons. The highest BCUT2D eigenvalue weighted by Crippen LogP contribution is 2.20. The second kappa shape index (κ2) is 8.38. The predicted molar refractivity (Wildman–Crippen MR) is 77.3 cm³/mol. The normalized spacial score (nSPS) is 11.1. The molecule has 0 aliphatic carbocycles. The second-order valence-corrected chi connectivity index (χ2v) is 4.30. The van der Waals surface area contributed by atoms with Crippen molar-refractivity contribution in [2.45, 2.75) is 20.3 Å². The highest BCUT2D eigenvalue weighted by molar-refractivity contribution is 6.32. The van der Waals surface area contributed by atoms with Crippen molar-refractivity contribution in [2.24, 2.45) is 0 Å². The van der Waals surface area contributed by atoms with Gasteiger partial charge in [-0.3, -0.25) is 4.79 Å². The number of rotatable bonds is 6. The largest absolute Gasteiger partial charge is 0.466 e. The van der Waals surface area contributed by atoms with Gasteiger partial charge in [-0.05, 0) is 31.6 Å². The fourth-order valence-corrected chi connectivity index (χ4v) is 1.74. The number of hydrogen-bond donors (Lipinski definition) is 0. The first-order valence-corrected chi connectivity index (χ1v) is 6.74. The summed E-state index contributed by atoms with van der Waals surface area (Å²) in [5.41, 5.74) is 0.875. The van der Waals surface area contributed by atoms with E-state index in [2.05, 4.69) is 0 Å². The molecule has 1 aromatic carbocycles. The van der Waals surface area contributed by atoms with Crippen molar-refractivity contribution in [3.8, 4) is 0 Å². The van der Waals surface area contributed by atoms with Gasteiger partial charge >= 0.3 is 11.9 Å². The fraction of sp³-hybridized carbons (Fsp3) is 0.333.